The summed E-state index contributed by atoms with van der Waals surface area (Å²) in [6.07, 6.45) is -2.66. The molecule has 0 unspecified atom stereocenters. The normalized spacial score (nSPS) is 14.2. The van der Waals surface area contributed by atoms with Gasteiger partial charge in [-0.25, -0.2) is 4.79 Å². The number of aliphatic carboxylic acids is 4. The van der Waals surface area contributed by atoms with E-state index in [0.717, 1.165) is 0 Å². The summed E-state index contributed by atoms with van der Waals surface area (Å²) in [6.45, 7) is 3.37. The Morgan fingerprint density at radius 3 is 1.59 bits per heavy atom. The molecular weight excluding hydrogens is 460 g/mol. The minimum atomic E-state index is -1.71. The van der Waals surface area contributed by atoms with E-state index in [2.05, 4.69) is 10.6 Å². The first-order valence-corrected chi connectivity index (χ1v) is 10.2. The lowest BCUT2D eigenvalue weighted by atomic mass is 10.0. The van der Waals surface area contributed by atoms with Gasteiger partial charge in [-0.1, -0.05) is 13.8 Å². The van der Waals surface area contributed by atoms with Crippen molar-refractivity contribution in [1.29, 1.82) is 0 Å². The van der Waals surface area contributed by atoms with E-state index >= 15 is 0 Å². The first-order valence-electron chi connectivity index (χ1n) is 10.2. The van der Waals surface area contributed by atoms with Crippen molar-refractivity contribution in [3.63, 3.8) is 0 Å². The van der Waals surface area contributed by atoms with Crippen LogP contribution in [0.3, 0.4) is 0 Å². The highest BCUT2D eigenvalue weighted by molar-refractivity contribution is 5.96. The van der Waals surface area contributed by atoms with E-state index in [1.54, 1.807) is 13.8 Å². The quantitative estimate of drug-likeness (QED) is 0.114. The van der Waals surface area contributed by atoms with Gasteiger partial charge in [0.15, 0.2) is 0 Å². The van der Waals surface area contributed by atoms with Crippen LogP contribution >= 0.6 is 0 Å². The molecule has 0 saturated heterocycles. The first kappa shape index (κ1) is 30.2. The second-order valence-corrected chi connectivity index (χ2v) is 7.89. The van der Waals surface area contributed by atoms with Crippen molar-refractivity contribution in [2.45, 2.75) is 70.1 Å². The maximum absolute atomic E-state index is 12.7. The monoisotopic (exact) mass is 490 g/mol. The van der Waals surface area contributed by atoms with Crippen molar-refractivity contribution in [1.82, 2.24) is 16.0 Å². The van der Waals surface area contributed by atoms with Gasteiger partial charge in [0.1, 0.15) is 18.1 Å². The molecule has 0 saturated carbocycles. The minimum Gasteiger partial charge on any atom is -0.481 e. The highest BCUT2D eigenvalue weighted by Crippen LogP contribution is 2.08. The number of hydrogen-bond donors (Lipinski definition) is 8. The summed E-state index contributed by atoms with van der Waals surface area (Å²) in [5, 5.41) is 42.1. The van der Waals surface area contributed by atoms with Crippen molar-refractivity contribution >= 4 is 41.6 Å². The second-order valence-electron chi connectivity index (χ2n) is 7.89. The summed E-state index contributed by atoms with van der Waals surface area (Å²) in [6, 6.07) is -6.18. The summed E-state index contributed by atoms with van der Waals surface area (Å²) in [4.78, 5) is 81.3. The van der Waals surface area contributed by atoms with Gasteiger partial charge in [0.05, 0.1) is 18.9 Å². The van der Waals surface area contributed by atoms with Crippen LogP contribution in [0, 0.1) is 5.92 Å². The third-order valence-electron chi connectivity index (χ3n) is 4.34. The van der Waals surface area contributed by atoms with Gasteiger partial charge in [0.2, 0.25) is 17.7 Å². The molecular formula is C19H30N4O11. The van der Waals surface area contributed by atoms with Gasteiger partial charge in [-0.05, 0) is 18.8 Å². The largest absolute Gasteiger partial charge is 0.481 e. The smallest absolute Gasteiger partial charge is 0.326 e. The zero-order valence-electron chi connectivity index (χ0n) is 18.6. The zero-order valence-corrected chi connectivity index (χ0v) is 18.6. The van der Waals surface area contributed by atoms with E-state index in [4.69, 9.17) is 21.1 Å². The Kier molecular flexibility index (Phi) is 12.8. The predicted molar refractivity (Wildman–Crippen MR) is 112 cm³/mol. The lowest BCUT2D eigenvalue weighted by molar-refractivity contribution is -0.144. The highest BCUT2D eigenvalue weighted by Gasteiger charge is 2.32. The number of carbonyl (C=O) groups excluding carboxylic acids is 3. The minimum absolute atomic E-state index is 0.00485. The van der Waals surface area contributed by atoms with Gasteiger partial charge in [-0.3, -0.25) is 28.8 Å². The molecule has 0 rings (SSSR count). The molecule has 0 aliphatic rings. The van der Waals surface area contributed by atoms with Gasteiger partial charge >= 0.3 is 23.9 Å². The number of nitrogens with two attached hydrogens (primary N) is 1. The van der Waals surface area contributed by atoms with Crippen LogP contribution in [-0.2, 0) is 33.6 Å². The van der Waals surface area contributed by atoms with Gasteiger partial charge in [0, 0.05) is 6.42 Å². The average Bonchev–Trinajstić information content (AvgIpc) is 2.68. The van der Waals surface area contributed by atoms with Gasteiger partial charge in [0.25, 0.3) is 0 Å². The Labute approximate surface area is 194 Å². The SMILES string of the molecule is CC(C)C[C@H](NC(=O)[C@H](CC(=O)O)NC(=O)[C@@H](N)CC(=O)O)C(=O)N[C@@H](CCC(=O)O)C(=O)O. The maximum atomic E-state index is 12.7. The first-order chi connectivity index (χ1) is 15.6. The van der Waals surface area contributed by atoms with Crippen LogP contribution in [0.2, 0.25) is 0 Å². The van der Waals surface area contributed by atoms with E-state index in [-0.39, 0.29) is 12.3 Å². The lowest BCUT2D eigenvalue weighted by Gasteiger charge is -2.25. The number of rotatable bonds is 16. The Morgan fingerprint density at radius 2 is 1.15 bits per heavy atom. The number of carboxylic acid groups (broad SMARTS) is 4. The Bertz CT molecular complexity index is 799. The van der Waals surface area contributed by atoms with Crippen molar-refractivity contribution in [2.75, 3.05) is 0 Å². The van der Waals surface area contributed by atoms with Crippen LogP contribution in [0.4, 0.5) is 0 Å². The zero-order chi connectivity index (χ0) is 26.6. The topological polar surface area (TPSA) is 263 Å². The van der Waals surface area contributed by atoms with E-state index in [1.807, 2.05) is 5.32 Å². The van der Waals surface area contributed by atoms with Crippen LogP contribution in [0.5, 0.6) is 0 Å². The van der Waals surface area contributed by atoms with Gasteiger partial charge in [-0.15, -0.1) is 0 Å². The van der Waals surface area contributed by atoms with E-state index in [0.29, 0.717) is 0 Å². The molecule has 3 amide bonds. The Balaban J connectivity index is 5.54. The molecule has 0 aromatic rings. The molecule has 0 aromatic carbocycles. The second kappa shape index (κ2) is 14.4. The van der Waals surface area contributed by atoms with Crippen LogP contribution in [0.25, 0.3) is 0 Å². The fourth-order valence-electron chi connectivity index (χ4n) is 2.72. The summed E-state index contributed by atoms with van der Waals surface area (Å²) in [5.74, 6) is -9.01. The van der Waals surface area contributed by atoms with Crippen molar-refractivity contribution in [3.8, 4) is 0 Å². The van der Waals surface area contributed by atoms with Crippen LogP contribution < -0.4 is 21.7 Å². The lowest BCUT2D eigenvalue weighted by Crippen LogP contribution is -2.57. The van der Waals surface area contributed by atoms with Crippen LogP contribution in [0.15, 0.2) is 0 Å². The molecule has 0 heterocycles. The fraction of sp³-hybridized carbons (Fsp3) is 0.632. The van der Waals surface area contributed by atoms with Crippen molar-refractivity contribution in [3.05, 3.63) is 0 Å². The maximum Gasteiger partial charge on any atom is 0.326 e. The van der Waals surface area contributed by atoms with E-state index in [9.17, 15) is 38.7 Å². The van der Waals surface area contributed by atoms with Crippen LogP contribution in [-0.4, -0.2) is 86.2 Å². The van der Waals surface area contributed by atoms with Crippen molar-refractivity contribution < 1.29 is 54.0 Å². The number of hydrogen-bond acceptors (Lipinski definition) is 8. The third kappa shape index (κ3) is 12.3. The Morgan fingerprint density at radius 1 is 0.676 bits per heavy atom. The molecule has 0 aromatic heterocycles. The average molecular weight is 490 g/mol. The summed E-state index contributed by atoms with van der Waals surface area (Å²) < 4.78 is 0. The number of carboxylic acids is 4. The molecule has 4 atom stereocenters. The molecule has 0 spiro atoms. The number of carbonyl (C=O) groups is 7. The van der Waals surface area contributed by atoms with Crippen LogP contribution in [0.1, 0.15) is 46.0 Å². The number of amides is 3. The Hall–Kier alpha value is -3.75. The third-order valence-corrected chi connectivity index (χ3v) is 4.34. The molecule has 0 bridgehead atoms. The molecule has 15 heteroatoms. The molecule has 0 aliphatic heterocycles. The highest BCUT2D eigenvalue weighted by atomic mass is 16.4. The van der Waals surface area contributed by atoms with E-state index in [1.165, 1.54) is 0 Å². The molecule has 9 N–H and O–H groups in total. The van der Waals surface area contributed by atoms with Gasteiger partial charge in [-0.2, -0.15) is 0 Å². The summed E-state index contributed by atoms with van der Waals surface area (Å²) >= 11 is 0. The van der Waals surface area contributed by atoms with Crippen molar-refractivity contribution in [2.24, 2.45) is 11.7 Å². The molecule has 0 fully saturated rings. The number of nitrogens with one attached hydrogen (secondary N) is 3. The van der Waals surface area contributed by atoms with E-state index < -0.39 is 91.4 Å². The predicted octanol–water partition coefficient (Wildman–Crippen LogP) is -2.29. The molecule has 0 aliphatic carbocycles. The summed E-state index contributed by atoms with van der Waals surface area (Å²) in [7, 11) is 0. The fourth-order valence-corrected chi connectivity index (χ4v) is 2.72. The van der Waals surface area contributed by atoms with Gasteiger partial charge < -0.3 is 42.1 Å². The molecule has 34 heavy (non-hydrogen) atoms. The summed E-state index contributed by atoms with van der Waals surface area (Å²) in [5.41, 5.74) is 5.41. The molecule has 0 radical (unpaired) electrons. The standard InChI is InChI=1S/C19H30N4O11/c1-8(2)5-11(17(31)21-10(19(33)34)3-4-13(24)25)23-18(32)12(7-15(28)29)22-16(30)9(20)6-14(26)27/h8-12H,3-7,20H2,1-2H3,(H,21,31)(H,22,30)(H,23,32)(H,24,25)(H,26,27)(H,28,29)(H,33,34)/t9-,10-,11-,12-/m0/s1. The molecule has 192 valence electrons. The molecule has 15 nitrogen and oxygen atoms in total.